The summed E-state index contributed by atoms with van der Waals surface area (Å²) in [4.78, 5) is 12.2. The van der Waals surface area contributed by atoms with Gasteiger partial charge in [0.25, 0.3) is 5.91 Å². The Morgan fingerprint density at radius 1 is 1.20 bits per heavy atom. The first kappa shape index (κ1) is 15.0. The van der Waals surface area contributed by atoms with Gasteiger partial charge in [0, 0.05) is 17.5 Å². The number of aliphatic hydroxyl groups excluding tert-OH is 1. The average Bonchev–Trinajstić information content (AvgIpc) is 2.53. The second kappa shape index (κ2) is 6.89. The first-order valence-electron chi connectivity index (χ1n) is 7.67. The largest absolute Gasteiger partial charge is 0.396 e. The molecule has 110 valence electrons. The predicted molar refractivity (Wildman–Crippen MR) is 80.8 cm³/mol. The summed E-state index contributed by atoms with van der Waals surface area (Å²) in [5.41, 5.74) is 1.84. The van der Waals surface area contributed by atoms with Crippen LogP contribution in [0.5, 0.6) is 0 Å². The Hall–Kier alpha value is -1.35. The Bertz CT molecular complexity index is 433. The van der Waals surface area contributed by atoms with Crippen molar-refractivity contribution in [2.75, 3.05) is 13.2 Å². The van der Waals surface area contributed by atoms with E-state index in [0.29, 0.717) is 12.1 Å². The van der Waals surface area contributed by atoms with Gasteiger partial charge in [0.1, 0.15) is 0 Å². The molecule has 1 aromatic rings. The van der Waals surface area contributed by atoms with Gasteiger partial charge >= 0.3 is 0 Å². The zero-order valence-electron chi connectivity index (χ0n) is 12.3. The molecule has 0 radical (unpaired) electrons. The number of hydrogen-bond donors (Lipinski definition) is 2. The first-order valence-corrected chi connectivity index (χ1v) is 7.67. The van der Waals surface area contributed by atoms with Gasteiger partial charge in [-0.3, -0.25) is 4.79 Å². The summed E-state index contributed by atoms with van der Waals surface area (Å²) in [6.07, 6.45) is 6.56. The molecule has 1 aromatic carbocycles. The Morgan fingerprint density at radius 2 is 1.85 bits per heavy atom. The number of benzene rings is 1. The minimum atomic E-state index is -0.0999. The Morgan fingerprint density at radius 3 is 2.40 bits per heavy atom. The van der Waals surface area contributed by atoms with E-state index in [-0.39, 0.29) is 17.9 Å². The minimum absolute atomic E-state index is 0.0361. The Balaban J connectivity index is 1.93. The molecular weight excluding hydrogens is 250 g/mol. The van der Waals surface area contributed by atoms with Crippen molar-refractivity contribution in [1.82, 2.24) is 5.32 Å². The highest BCUT2D eigenvalue weighted by atomic mass is 16.3. The van der Waals surface area contributed by atoms with Crippen molar-refractivity contribution < 1.29 is 9.90 Å². The zero-order valence-corrected chi connectivity index (χ0v) is 12.3. The lowest BCUT2D eigenvalue weighted by Crippen LogP contribution is -2.41. The molecule has 2 rings (SSSR count). The van der Waals surface area contributed by atoms with Gasteiger partial charge in [-0.05, 0) is 37.0 Å². The Labute approximate surface area is 121 Å². The second-order valence-electron chi connectivity index (χ2n) is 5.95. The molecule has 0 aliphatic heterocycles. The molecule has 1 saturated carbocycles. The second-order valence-corrected chi connectivity index (χ2v) is 5.95. The lowest BCUT2D eigenvalue weighted by Gasteiger charge is -2.35. The quantitative estimate of drug-likeness (QED) is 0.868. The maximum absolute atomic E-state index is 12.2. The highest BCUT2D eigenvalue weighted by molar-refractivity contribution is 5.94. The molecule has 1 aliphatic rings. The Kier molecular flexibility index (Phi) is 5.18. The number of hydrogen-bond acceptors (Lipinski definition) is 2. The third kappa shape index (κ3) is 3.60. The molecule has 0 atom stereocenters. The predicted octanol–water partition coefficient (Wildman–Crippen LogP) is 2.92. The maximum Gasteiger partial charge on any atom is 0.251 e. The molecule has 3 heteroatoms. The van der Waals surface area contributed by atoms with E-state index in [1.54, 1.807) is 0 Å². The van der Waals surface area contributed by atoms with Crippen LogP contribution in [-0.2, 0) is 6.42 Å². The highest BCUT2D eigenvalue weighted by Crippen LogP contribution is 2.35. The minimum Gasteiger partial charge on any atom is -0.396 e. The lowest BCUT2D eigenvalue weighted by atomic mass is 9.74. The van der Waals surface area contributed by atoms with Gasteiger partial charge in [0.15, 0.2) is 0 Å². The molecule has 0 aromatic heterocycles. The van der Waals surface area contributed by atoms with Gasteiger partial charge in [-0.25, -0.2) is 0 Å². The van der Waals surface area contributed by atoms with E-state index in [0.717, 1.165) is 32.1 Å². The molecule has 0 saturated heterocycles. The van der Waals surface area contributed by atoms with E-state index in [1.807, 2.05) is 24.3 Å². The first-order chi connectivity index (χ1) is 9.69. The molecule has 0 heterocycles. The molecule has 0 bridgehead atoms. The number of rotatable bonds is 5. The molecule has 1 aliphatic carbocycles. The van der Waals surface area contributed by atoms with Crippen LogP contribution in [0.25, 0.3) is 0 Å². The monoisotopic (exact) mass is 275 g/mol. The van der Waals surface area contributed by atoms with Crippen LogP contribution in [0.1, 0.15) is 54.9 Å². The maximum atomic E-state index is 12.2. The van der Waals surface area contributed by atoms with E-state index in [9.17, 15) is 9.90 Å². The number of aryl methyl sites for hydroxylation is 1. The summed E-state index contributed by atoms with van der Waals surface area (Å²) >= 11 is 0. The third-order valence-corrected chi connectivity index (χ3v) is 4.50. The molecular formula is C17H25NO2. The van der Waals surface area contributed by atoms with Crippen LogP contribution in [0.4, 0.5) is 0 Å². The molecule has 2 N–H and O–H groups in total. The highest BCUT2D eigenvalue weighted by Gasteiger charge is 2.31. The van der Waals surface area contributed by atoms with E-state index in [2.05, 4.69) is 12.2 Å². The van der Waals surface area contributed by atoms with Crippen molar-refractivity contribution in [3.05, 3.63) is 35.4 Å². The van der Waals surface area contributed by atoms with Crippen LogP contribution in [0.15, 0.2) is 24.3 Å². The van der Waals surface area contributed by atoms with E-state index in [1.165, 1.54) is 12.0 Å². The topological polar surface area (TPSA) is 49.3 Å². The lowest BCUT2D eigenvalue weighted by molar-refractivity contribution is 0.0718. The SMILES string of the molecule is CCc1ccc(C(=O)NCC2(CO)CCCCC2)cc1. The van der Waals surface area contributed by atoms with E-state index in [4.69, 9.17) is 0 Å². The summed E-state index contributed by atoms with van der Waals surface area (Å²) in [5.74, 6) is -0.0361. The summed E-state index contributed by atoms with van der Waals surface area (Å²) in [7, 11) is 0. The van der Waals surface area contributed by atoms with Gasteiger partial charge in [0.05, 0.1) is 6.61 Å². The van der Waals surface area contributed by atoms with Crippen molar-refractivity contribution in [3.8, 4) is 0 Å². The van der Waals surface area contributed by atoms with Gasteiger partial charge in [0.2, 0.25) is 0 Å². The fourth-order valence-corrected chi connectivity index (χ4v) is 2.95. The summed E-state index contributed by atoms with van der Waals surface area (Å²) in [6, 6.07) is 7.75. The van der Waals surface area contributed by atoms with Gasteiger partial charge in [-0.15, -0.1) is 0 Å². The molecule has 1 amide bonds. The number of nitrogens with one attached hydrogen (secondary N) is 1. The fourth-order valence-electron chi connectivity index (χ4n) is 2.95. The van der Waals surface area contributed by atoms with Crippen molar-refractivity contribution in [1.29, 1.82) is 0 Å². The van der Waals surface area contributed by atoms with Crippen molar-refractivity contribution >= 4 is 5.91 Å². The van der Waals surface area contributed by atoms with Crippen LogP contribution in [0.3, 0.4) is 0 Å². The number of aliphatic hydroxyl groups is 1. The summed E-state index contributed by atoms with van der Waals surface area (Å²) < 4.78 is 0. The molecule has 20 heavy (non-hydrogen) atoms. The normalized spacial score (nSPS) is 17.7. The molecule has 3 nitrogen and oxygen atoms in total. The number of amides is 1. The third-order valence-electron chi connectivity index (χ3n) is 4.50. The molecule has 1 fully saturated rings. The van der Waals surface area contributed by atoms with Crippen molar-refractivity contribution in [2.24, 2.45) is 5.41 Å². The van der Waals surface area contributed by atoms with E-state index < -0.39 is 0 Å². The zero-order chi connectivity index (χ0) is 14.4. The molecule has 0 unspecified atom stereocenters. The van der Waals surface area contributed by atoms with Crippen LogP contribution < -0.4 is 5.32 Å². The number of carbonyl (C=O) groups is 1. The van der Waals surface area contributed by atoms with Crippen LogP contribution in [-0.4, -0.2) is 24.2 Å². The van der Waals surface area contributed by atoms with Gasteiger partial charge < -0.3 is 10.4 Å². The van der Waals surface area contributed by atoms with Crippen LogP contribution in [0, 0.1) is 5.41 Å². The van der Waals surface area contributed by atoms with Crippen molar-refractivity contribution in [2.45, 2.75) is 45.4 Å². The smallest absolute Gasteiger partial charge is 0.251 e. The summed E-state index contributed by atoms with van der Waals surface area (Å²) in [5, 5.41) is 12.6. The standard InChI is InChI=1S/C17H25NO2/c1-2-14-6-8-15(9-7-14)16(20)18-12-17(13-19)10-4-3-5-11-17/h6-9,19H,2-5,10-13H2,1H3,(H,18,20). The average molecular weight is 275 g/mol. The van der Waals surface area contributed by atoms with Crippen molar-refractivity contribution in [3.63, 3.8) is 0 Å². The molecule has 0 spiro atoms. The summed E-state index contributed by atoms with van der Waals surface area (Å²) in [6.45, 7) is 2.85. The van der Waals surface area contributed by atoms with E-state index >= 15 is 0 Å². The van der Waals surface area contributed by atoms with Gasteiger partial charge in [-0.1, -0.05) is 38.3 Å². The van der Waals surface area contributed by atoms with Crippen LogP contribution >= 0.6 is 0 Å². The number of carbonyl (C=O) groups excluding carboxylic acids is 1. The van der Waals surface area contributed by atoms with Crippen LogP contribution in [0.2, 0.25) is 0 Å². The van der Waals surface area contributed by atoms with Gasteiger partial charge in [-0.2, -0.15) is 0 Å². The fraction of sp³-hybridized carbons (Fsp3) is 0.588.